The van der Waals surface area contributed by atoms with E-state index in [0.29, 0.717) is 4.47 Å². The van der Waals surface area contributed by atoms with Gasteiger partial charge < -0.3 is 0 Å². The summed E-state index contributed by atoms with van der Waals surface area (Å²) in [5.74, 6) is 0.876. The van der Waals surface area contributed by atoms with Crippen molar-refractivity contribution < 1.29 is 0 Å². The third-order valence-corrected chi connectivity index (χ3v) is 3.82. The highest BCUT2D eigenvalue weighted by Crippen LogP contribution is 2.25. The fraction of sp³-hybridized carbons (Fsp3) is 0.111. The van der Waals surface area contributed by atoms with Gasteiger partial charge in [-0.15, -0.1) is 23.1 Å². The van der Waals surface area contributed by atoms with Gasteiger partial charge in [-0.05, 0) is 12.1 Å². The van der Waals surface area contributed by atoms with Crippen LogP contribution in [-0.4, -0.2) is 9.97 Å². The molecule has 0 N–H and O–H groups in total. The molecule has 0 aliphatic rings. The Morgan fingerprint density at radius 3 is 2.93 bits per heavy atom. The van der Waals surface area contributed by atoms with Gasteiger partial charge in [-0.25, -0.2) is 9.97 Å². The van der Waals surface area contributed by atoms with Gasteiger partial charge in [-0.3, -0.25) is 0 Å². The molecule has 0 fully saturated rings. The molecule has 2 aromatic rings. The first-order valence-corrected chi connectivity index (χ1v) is 6.16. The molecule has 2 aromatic heterocycles. The molecule has 2 heterocycles. The number of nitrogens with zero attached hydrogens (tertiary/aromatic N) is 2. The Labute approximate surface area is 95.4 Å². The molecular weight excluding hydrogens is 236 g/mol. The average Bonchev–Trinajstić information content (AvgIpc) is 2.63. The molecule has 0 saturated carbocycles. The maximum absolute atomic E-state index is 5.72. The summed E-state index contributed by atoms with van der Waals surface area (Å²) in [5, 5.41) is 1.03. The summed E-state index contributed by atoms with van der Waals surface area (Å²) in [4.78, 5) is 9.37. The van der Waals surface area contributed by atoms with Gasteiger partial charge in [0.1, 0.15) is 0 Å². The standard InChI is InChI=1S/C9H7ClN2S2/c10-9-12-5-7(14-9)6-13-8-3-1-2-4-11-8/h1-5H,6H2. The minimum Gasteiger partial charge on any atom is -0.250 e. The molecule has 5 heteroatoms. The van der Waals surface area contributed by atoms with Crippen LogP contribution in [0.15, 0.2) is 35.6 Å². The quantitative estimate of drug-likeness (QED) is 0.771. The van der Waals surface area contributed by atoms with Gasteiger partial charge >= 0.3 is 0 Å². The summed E-state index contributed by atoms with van der Waals surface area (Å²) in [6.07, 6.45) is 3.60. The van der Waals surface area contributed by atoms with E-state index < -0.39 is 0 Å². The van der Waals surface area contributed by atoms with Crippen LogP contribution in [0.1, 0.15) is 4.88 Å². The second-order valence-electron chi connectivity index (χ2n) is 2.54. The first-order valence-electron chi connectivity index (χ1n) is 3.98. The van der Waals surface area contributed by atoms with Crippen molar-refractivity contribution in [2.45, 2.75) is 10.8 Å². The maximum Gasteiger partial charge on any atom is 0.183 e. The normalized spacial score (nSPS) is 10.4. The topological polar surface area (TPSA) is 25.8 Å². The SMILES string of the molecule is Clc1ncc(CSc2ccccn2)s1. The van der Waals surface area contributed by atoms with E-state index in [4.69, 9.17) is 11.6 Å². The second-order valence-corrected chi connectivity index (χ2v) is 5.23. The fourth-order valence-corrected chi connectivity index (χ4v) is 2.79. The van der Waals surface area contributed by atoms with E-state index >= 15 is 0 Å². The van der Waals surface area contributed by atoms with Crippen LogP contribution in [-0.2, 0) is 5.75 Å². The van der Waals surface area contributed by atoms with Crippen molar-refractivity contribution in [3.8, 4) is 0 Å². The van der Waals surface area contributed by atoms with Crippen LogP contribution in [0.3, 0.4) is 0 Å². The van der Waals surface area contributed by atoms with E-state index in [0.717, 1.165) is 10.8 Å². The number of aromatic nitrogens is 2. The zero-order chi connectivity index (χ0) is 9.80. The van der Waals surface area contributed by atoms with Gasteiger partial charge in [0.25, 0.3) is 0 Å². The Morgan fingerprint density at radius 2 is 2.29 bits per heavy atom. The van der Waals surface area contributed by atoms with Crippen LogP contribution in [0.2, 0.25) is 4.47 Å². The monoisotopic (exact) mass is 242 g/mol. The van der Waals surface area contributed by atoms with E-state index in [1.165, 1.54) is 16.2 Å². The van der Waals surface area contributed by atoms with Gasteiger partial charge in [-0.2, -0.15) is 0 Å². The molecule has 2 rings (SSSR count). The lowest BCUT2D eigenvalue weighted by Gasteiger charge is -1.96. The molecule has 14 heavy (non-hydrogen) atoms. The first kappa shape index (κ1) is 9.96. The van der Waals surface area contributed by atoms with Gasteiger partial charge in [-0.1, -0.05) is 17.7 Å². The van der Waals surface area contributed by atoms with Crippen molar-refractivity contribution in [3.05, 3.63) is 39.9 Å². The fourth-order valence-electron chi connectivity index (χ4n) is 0.928. The minimum absolute atomic E-state index is 0.599. The van der Waals surface area contributed by atoms with Crippen molar-refractivity contribution >= 4 is 34.7 Å². The van der Waals surface area contributed by atoms with Gasteiger partial charge in [0.05, 0.1) is 5.03 Å². The van der Waals surface area contributed by atoms with Crippen LogP contribution in [0.25, 0.3) is 0 Å². The second kappa shape index (κ2) is 4.77. The molecule has 2 nitrogen and oxygen atoms in total. The zero-order valence-corrected chi connectivity index (χ0v) is 9.57. The van der Waals surface area contributed by atoms with E-state index in [2.05, 4.69) is 9.97 Å². The Balaban J connectivity index is 1.95. The van der Waals surface area contributed by atoms with Gasteiger partial charge in [0.15, 0.2) is 4.47 Å². The zero-order valence-electron chi connectivity index (χ0n) is 7.18. The molecule has 0 atom stereocenters. The molecule has 0 amide bonds. The lowest BCUT2D eigenvalue weighted by atomic mass is 10.5. The van der Waals surface area contributed by atoms with E-state index in [9.17, 15) is 0 Å². The Kier molecular flexibility index (Phi) is 3.39. The third kappa shape index (κ3) is 2.70. The number of hydrogen-bond donors (Lipinski definition) is 0. The third-order valence-electron chi connectivity index (χ3n) is 1.53. The maximum atomic E-state index is 5.72. The Hall–Kier alpha value is -0.580. The molecule has 0 spiro atoms. The van der Waals surface area contributed by atoms with Crippen molar-refractivity contribution in [2.24, 2.45) is 0 Å². The lowest BCUT2D eigenvalue weighted by molar-refractivity contribution is 1.13. The van der Waals surface area contributed by atoms with E-state index in [1.807, 2.05) is 24.4 Å². The number of rotatable bonds is 3. The van der Waals surface area contributed by atoms with Crippen molar-refractivity contribution in [1.82, 2.24) is 9.97 Å². The summed E-state index contributed by atoms with van der Waals surface area (Å²) in [7, 11) is 0. The summed E-state index contributed by atoms with van der Waals surface area (Å²) < 4.78 is 0.599. The van der Waals surface area contributed by atoms with E-state index in [-0.39, 0.29) is 0 Å². The van der Waals surface area contributed by atoms with E-state index in [1.54, 1.807) is 18.0 Å². The molecule has 72 valence electrons. The Bertz CT molecular complexity index is 402. The van der Waals surface area contributed by atoms with Crippen LogP contribution in [0, 0.1) is 0 Å². The highest BCUT2D eigenvalue weighted by atomic mass is 35.5. The molecule has 0 radical (unpaired) electrons. The average molecular weight is 243 g/mol. The Morgan fingerprint density at radius 1 is 1.36 bits per heavy atom. The minimum atomic E-state index is 0.599. The number of pyridine rings is 1. The smallest absolute Gasteiger partial charge is 0.183 e. The first-order chi connectivity index (χ1) is 6.84. The van der Waals surface area contributed by atoms with Crippen molar-refractivity contribution in [3.63, 3.8) is 0 Å². The number of halogens is 1. The van der Waals surface area contributed by atoms with Gasteiger partial charge in [0, 0.05) is 23.0 Å². The van der Waals surface area contributed by atoms with Crippen LogP contribution >= 0.6 is 34.7 Å². The van der Waals surface area contributed by atoms with Crippen LogP contribution in [0.5, 0.6) is 0 Å². The van der Waals surface area contributed by atoms with Crippen LogP contribution < -0.4 is 0 Å². The molecule has 0 bridgehead atoms. The highest BCUT2D eigenvalue weighted by molar-refractivity contribution is 7.98. The van der Waals surface area contributed by atoms with Crippen molar-refractivity contribution in [2.75, 3.05) is 0 Å². The summed E-state index contributed by atoms with van der Waals surface area (Å²) in [6.45, 7) is 0. The predicted molar refractivity (Wildman–Crippen MR) is 60.9 cm³/mol. The lowest BCUT2D eigenvalue weighted by Crippen LogP contribution is -1.78. The summed E-state index contributed by atoms with van der Waals surface area (Å²) in [5.41, 5.74) is 0. The molecule has 0 aliphatic carbocycles. The van der Waals surface area contributed by atoms with Crippen molar-refractivity contribution in [1.29, 1.82) is 0 Å². The highest BCUT2D eigenvalue weighted by Gasteiger charge is 2.00. The summed E-state index contributed by atoms with van der Waals surface area (Å²) in [6, 6.07) is 5.88. The molecule has 0 aliphatic heterocycles. The number of hydrogen-bond acceptors (Lipinski definition) is 4. The number of thioether (sulfide) groups is 1. The largest absolute Gasteiger partial charge is 0.250 e. The van der Waals surface area contributed by atoms with Gasteiger partial charge in [0.2, 0.25) is 0 Å². The molecule has 0 saturated heterocycles. The van der Waals surface area contributed by atoms with Crippen LogP contribution in [0.4, 0.5) is 0 Å². The molecule has 0 unspecified atom stereocenters. The summed E-state index contributed by atoms with van der Waals surface area (Å²) >= 11 is 8.92. The number of thiazole rings is 1. The molecular formula is C9H7ClN2S2. The predicted octanol–water partition coefficient (Wildman–Crippen LogP) is 3.48. The molecule has 0 aromatic carbocycles.